The molecule has 0 saturated carbocycles. The van der Waals surface area contributed by atoms with Crippen LogP contribution in [-0.4, -0.2) is 59.5 Å². The van der Waals surface area contributed by atoms with Gasteiger partial charge in [0.1, 0.15) is 11.9 Å². The zero-order valence-electron chi connectivity index (χ0n) is 21.4. The molecule has 1 unspecified atom stereocenters. The molecule has 2 fully saturated rings. The zero-order chi connectivity index (χ0) is 26.6. The first kappa shape index (κ1) is 24.2. The fourth-order valence-electron chi connectivity index (χ4n) is 6.20. The Kier molecular flexibility index (Phi) is 5.95. The minimum Gasteiger partial charge on any atom is -0.384 e. The van der Waals surface area contributed by atoms with Crippen LogP contribution < -0.4 is 5.73 Å². The average Bonchev–Trinajstić information content (AvgIpc) is 3.46. The molecule has 1 aromatic carbocycles. The number of piperidine rings is 1. The lowest BCUT2D eigenvalue weighted by molar-refractivity contribution is -0.144. The highest BCUT2D eigenvalue weighted by Crippen LogP contribution is 2.44. The second-order valence-electron chi connectivity index (χ2n) is 10.4. The maximum atomic E-state index is 12.8. The van der Waals surface area contributed by atoms with Crippen LogP contribution in [0.2, 0.25) is 0 Å². The van der Waals surface area contributed by atoms with Gasteiger partial charge < -0.3 is 15.7 Å². The number of amides is 1. The van der Waals surface area contributed by atoms with Crippen molar-refractivity contribution in [3.8, 4) is 22.4 Å². The molecule has 1 amide bonds. The first-order chi connectivity index (χ1) is 18.3. The van der Waals surface area contributed by atoms with E-state index in [2.05, 4.69) is 10.1 Å². The average molecular weight is 511 g/mol. The van der Waals surface area contributed by atoms with Crippen LogP contribution in [0.25, 0.3) is 28.0 Å². The molecule has 5 heterocycles. The number of hydrogen-bond acceptors (Lipinski definition) is 7. The van der Waals surface area contributed by atoms with Gasteiger partial charge in [-0.3, -0.25) is 14.6 Å². The van der Waals surface area contributed by atoms with Crippen molar-refractivity contribution in [1.29, 1.82) is 0 Å². The lowest BCUT2D eigenvalue weighted by Gasteiger charge is -2.39. The highest BCUT2D eigenvalue weighted by Gasteiger charge is 2.45. The van der Waals surface area contributed by atoms with E-state index in [-0.39, 0.29) is 35.5 Å². The summed E-state index contributed by atoms with van der Waals surface area (Å²) in [5.41, 5.74) is 11.7. The number of ketones is 1. The normalized spacial score (nSPS) is 21.6. The Bertz CT molecular complexity index is 1520. The molecule has 3 N–H and O–H groups in total. The van der Waals surface area contributed by atoms with Crippen LogP contribution in [0.4, 0.5) is 5.82 Å². The summed E-state index contributed by atoms with van der Waals surface area (Å²) in [6.07, 6.45) is 5.59. The van der Waals surface area contributed by atoms with E-state index in [0.29, 0.717) is 29.7 Å². The standard InChI is InChI=1S/C29H30N6O3/c1-16(36)25-26(20-12-21-9-10-22(13-20)34(21)29(38)17(2)37)33-28-23(15-32-35(28)27(25)30)19-8-11-24(31-14-19)18-6-4-3-5-7-18/h3-8,11,14-15,17,20-22,37H,9-10,12-13,30H2,1-2H3/t17-,20?,21-,22+/m0/s1. The molecule has 9 heteroatoms. The van der Waals surface area contributed by atoms with Gasteiger partial charge in [0.15, 0.2) is 11.4 Å². The van der Waals surface area contributed by atoms with E-state index in [1.54, 1.807) is 12.4 Å². The van der Waals surface area contributed by atoms with Gasteiger partial charge in [-0.1, -0.05) is 36.4 Å². The molecule has 3 aromatic heterocycles. The molecule has 0 radical (unpaired) electrons. The van der Waals surface area contributed by atoms with Gasteiger partial charge in [0.25, 0.3) is 5.91 Å². The highest BCUT2D eigenvalue weighted by molar-refractivity contribution is 6.00. The van der Waals surface area contributed by atoms with Gasteiger partial charge in [0.05, 0.1) is 23.1 Å². The van der Waals surface area contributed by atoms with Crippen LogP contribution in [0.3, 0.4) is 0 Å². The van der Waals surface area contributed by atoms with Gasteiger partial charge >= 0.3 is 0 Å². The number of nitrogens with two attached hydrogens (primary N) is 1. The van der Waals surface area contributed by atoms with Crippen LogP contribution in [0, 0.1) is 0 Å². The Balaban J connectivity index is 1.40. The fraction of sp³-hybridized carbons (Fsp3) is 0.345. The number of fused-ring (bicyclic) bond motifs is 3. The van der Waals surface area contributed by atoms with E-state index in [1.165, 1.54) is 18.4 Å². The Morgan fingerprint density at radius 3 is 2.34 bits per heavy atom. The molecule has 0 aliphatic carbocycles. The summed E-state index contributed by atoms with van der Waals surface area (Å²) in [5.74, 6) is -0.145. The van der Waals surface area contributed by atoms with E-state index in [1.807, 2.05) is 47.4 Å². The monoisotopic (exact) mass is 510 g/mol. The summed E-state index contributed by atoms with van der Waals surface area (Å²) < 4.78 is 1.53. The van der Waals surface area contributed by atoms with Crippen molar-refractivity contribution >= 4 is 23.2 Å². The van der Waals surface area contributed by atoms with Crippen molar-refractivity contribution in [2.75, 3.05) is 5.73 Å². The van der Waals surface area contributed by atoms with Crippen molar-refractivity contribution < 1.29 is 14.7 Å². The van der Waals surface area contributed by atoms with Gasteiger partial charge in [-0.2, -0.15) is 9.61 Å². The van der Waals surface area contributed by atoms with Crippen LogP contribution in [0.5, 0.6) is 0 Å². The van der Waals surface area contributed by atoms with Crippen molar-refractivity contribution in [2.24, 2.45) is 0 Å². The van der Waals surface area contributed by atoms with E-state index >= 15 is 0 Å². The fourth-order valence-corrected chi connectivity index (χ4v) is 6.20. The summed E-state index contributed by atoms with van der Waals surface area (Å²) in [7, 11) is 0. The molecular formula is C29H30N6O3. The molecule has 4 aromatic rings. The smallest absolute Gasteiger partial charge is 0.251 e. The van der Waals surface area contributed by atoms with E-state index in [0.717, 1.165) is 35.2 Å². The predicted octanol–water partition coefficient (Wildman–Crippen LogP) is 3.86. The number of nitrogens with zero attached hydrogens (tertiary/aromatic N) is 5. The lowest BCUT2D eigenvalue weighted by atomic mass is 9.85. The first-order valence-corrected chi connectivity index (χ1v) is 13.0. The Labute approximate surface area is 220 Å². The quantitative estimate of drug-likeness (QED) is 0.390. The number of carbonyl (C=O) groups excluding carboxylic acids is 2. The van der Waals surface area contributed by atoms with Crippen molar-refractivity contribution in [3.63, 3.8) is 0 Å². The number of pyridine rings is 1. The summed E-state index contributed by atoms with van der Waals surface area (Å²) in [5, 5.41) is 14.4. The number of rotatable bonds is 5. The Morgan fingerprint density at radius 1 is 1.03 bits per heavy atom. The summed E-state index contributed by atoms with van der Waals surface area (Å²) in [4.78, 5) is 37.0. The van der Waals surface area contributed by atoms with Gasteiger partial charge in [-0.05, 0) is 45.6 Å². The maximum Gasteiger partial charge on any atom is 0.251 e. The van der Waals surface area contributed by atoms with E-state index in [9.17, 15) is 14.7 Å². The number of aromatic nitrogens is 4. The highest BCUT2D eigenvalue weighted by atomic mass is 16.3. The van der Waals surface area contributed by atoms with Gasteiger partial charge in [-0.15, -0.1) is 0 Å². The minimum absolute atomic E-state index is 0.0130. The number of carbonyl (C=O) groups is 2. The number of benzene rings is 1. The third-order valence-electron chi connectivity index (χ3n) is 7.94. The number of aliphatic hydroxyl groups excluding tert-OH is 1. The summed E-state index contributed by atoms with van der Waals surface area (Å²) >= 11 is 0. The largest absolute Gasteiger partial charge is 0.384 e. The zero-order valence-corrected chi connectivity index (χ0v) is 21.4. The molecular weight excluding hydrogens is 480 g/mol. The minimum atomic E-state index is -1.02. The summed E-state index contributed by atoms with van der Waals surface area (Å²) in [6.45, 7) is 3.01. The van der Waals surface area contributed by atoms with Crippen molar-refractivity contribution in [1.82, 2.24) is 24.5 Å². The molecule has 2 aliphatic rings. The third-order valence-corrected chi connectivity index (χ3v) is 7.94. The van der Waals surface area contributed by atoms with Crippen molar-refractivity contribution in [2.45, 2.75) is 63.6 Å². The number of aliphatic hydroxyl groups is 1. The summed E-state index contributed by atoms with van der Waals surface area (Å²) in [6, 6.07) is 13.9. The number of hydrogen-bond donors (Lipinski definition) is 2. The molecule has 9 nitrogen and oxygen atoms in total. The second-order valence-corrected chi connectivity index (χ2v) is 10.4. The molecule has 38 heavy (non-hydrogen) atoms. The molecule has 2 saturated heterocycles. The number of Topliss-reactive ketones (excluding diaryl/α,β-unsaturated/α-hetero) is 1. The topological polar surface area (TPSA) is 127 Å². The lowest BCUT2D eigenvalue weighted by Crippen LogP contribution is -2.49. The van der Waals surface area contributed by atoms with Crippen LogP contribution in [0.1, 0.15) is 61.5 Å². The molecule has 2 bridgehead atoms. The van der Waals surface area contributed by atoms with Gasteiger partial charge in [0, 0.05) is 40.9 Å². The van der Waals surface area contributed by atoms with Crippen LogP contribution >= 0.6 is 0 Å². The van der Waals surface area contributed by atoms with E-state index in [4.69, 9.17) is 10.7 Å². The van der Waals surface area contributed by atoms with Crippen molar-refractivity contribution in [3.05, 3.63) is 66.1 Å². The predicted molar refractivity (Wildman–Crippen MR) is 143 cm³/mol. The maximum absolute atomic E-state index is 12.8. The van der Waals surface area contributed by atoms with Crippen LogP contribution in [0.15, 0.2) is 54.9 Å². The molecule has 4 atom stereocenters. The molecule has 0 spiro atoms. The van der Waals surface area contributed by atoms with E-state index < -0.39 is 6.10 Å². The Hall–Kier alpha value is -4.11. The molecule has 2 aliphatic heterocycles. The first-order valence-electron chi connectivity index (χ1n) is 13.0. The van der Waals surface area contributed by atoms with Gasteiger partial charge in [0.2, 0.25) is 0 Å². The van der Waals surface area contributed by atoms with Crippen LogP contribution in [-0.2, 0) is 4.79 Å². The molecule has 194 valence electrons. The van der Waals surface area contributed by atoms with Gasteiger partial charge in [-0.25, -0.2) is 4.98 Å². The Morgan fingerprint density at radius 2 is 1.74 bits per heavy atom. The second kappa shape index (κ2) is 9.33. The SMILES string of the molecule is CC(=O)c1c(C2C[C@H]3CC[C@@H](C2)N3C(=O)[C@H](C)O)nc2c(-c3ccc(-c4ccccc4)nc3)cnn2c1N. The number of anilines is 1. The molecule has 6 rings (SSSR count). The number of nitrogen functional groups attached to an aromatic ring is 1. The third kappa shape index (κ3) is 3.94.